The summed E-state index contributed by atoms with van der Waals surface area (Å²) >= 11 is 0. The molecule has 100 valence electrons. The average Bonchev–Trinajstić information content (AvgIpc) is 2.51. The molecule has 0 aliphatic rings. The lowest BCUT2D eigenvalue weighted by Crippen LogP contribution is -2.28. The fraction of sp³-hybridized carbons (Fsp3) is 0.333. The molecular weight excluding hydrogens is 232 g/mol. The van der Waals surface area contributed by atoms with E-state index in [1.807, 2.05) is 7.11 Å². The number of hydrogen-bond acceptors (Lipinski definition) is 1. The SMILES string of the molecule is CCC(CCc1ccccc1)(OC)c1ccccc1. The Morgan fingerprint density at radius 2 is 1.47 bits per heavy atom. The molecule has 0 bridgehead atoms. The number of benzene rings is 2. The average molecular weight is 254 g/mol. The Hall–Kier alpha value is -1.60. The first-order valence-corrected chi connectivity index (χ1v) is 6.95. The fourth-order valence-corrected chi connectivity index (χ4v) is 2.62. The normalized spacial score (nSPS) is 14.0. The molecular formula is C18H22O. The number of hydrogen-bond donors (Lipinski definition) is 0. The van der Waals surface area contributed by atoms with E-state index in [2.05, 4.69) is 67.6 Å². The van der Waals surface area contributed by atoms with Gasteiger partial charge in [0.15, 0.2) is 0 Å². The van der Waals surface area contributed by atoms with E-state index in [1.165, 1.54) is 11.1 Å². The molecule has 0 N–H and O–H groups in total. The van der Waals surface area contributed by atoms with E-state index in [4.69, 9.17) is 4.74 Å². The second-order valence-electron chi connectivity index (χ2n) is 4.90. The smallest absolute Gasteiger partial charge is 0.0928 e. The summed E-state index contributed by atoms with van der Waals surface area (Å²) in [6.07, 6.45) is 3.03. The quantitative estimate of drug-likeness (QED) is 0.733. The second kappa shape index (κ2) is 6.53. The van der Waals surface area contributed by atoms with Crippen molar-refractivity contribution >= 4 is 0 Å². The highest BCUT2D eigenvalue weighted by Crippen LogP contribution is 2.33. The van der Waals surface area contributed by atoms with Gasteiger partial charge < -0.3 is 4.74 Å². The van der Waals surface area contributed by atoms with Crippen LogP contribution in [-0.2, 0) is 16.8 Å². The van der Waals surface area contributed by atoms with Gasteiger partial charge in [-0.3, -0.25) is 0 Å². The van der Waals surface area contributed by atoms with E-state index < -0.39 is 0 Å². The highest BCUT2D eigenvalue weighted by molar-refractivity contribution is 5.24. The molecule has 0 fully saturated rings. The van der Waals surface area contributed by atoms with Crippen molar-refractivity contribution in [1.29, 1.82) is 0 Å². The molecule has 1 nitrogen and oxygen atoms in total. The van der Waals surface area contributed by atoms with Crippen molar-refractivity contribution in [3.05, 3.63) is 71.8 Å². The predicted molar refractivity (Wildman–Crippen MR) is 80.2 cm³/mol. The fourth-order valence-electron chi connectivity index (χ4n) is 2.62. The molecule has 1 atom stereocenters. The van der Waals surface area contributed by atoms with Gasteiger partial charge in [0.25, 0.3) is 0 Å². The molecule has 19 heavy (non-hydrogen) atoms. The monoisotopic (exact) mass is 254 g/mol. The van der Waals surface area contributed by atoms with Crippen LogP contribution in [0.15, 0.2) is 60.7 Å². The van der Waals surface area contributed by atoms with Crippen LogP contribution in [0.1, 0.15) is 30.9 Å². The Balaban J connectivity index is 2.16. The van der Waals surface area contributed by atoms with Gasteiger partial charge in [-0.25, -0.2) is 0 Å². The van der Waals surface area contributed by atoms with Crippen LogP contribution in [0, 0.1) is 0 Å². The van der Waals surface area contributed by atoms with Gasteiger partial charge in [0.05, 0.1) is 5.60 Å². The van der Waals surface area contributed by atoms with Crippen molar-refractivity contribution in [3.8, 4) is 0 Å². The van der Waals surface area contributed by atoms with E-state index in [0.717, 1.165) is 19.3 Å². The largest absolute Gasteiger partial charge is 0.374 e. The van der Waals surface area contributed by atoms with Crippen LogP contribution in [0.4, 0.5) is 0 Å². The molecule has 2 aromatic rings. The summed E-state index contributed by atoms with van der Waals surface area (Å²) in [5.74, 6) is 0. The Morgan fingerprint density at radius 3 is 2.00 bits per heavy atom. The molecule has 0 heterocycles. The van der Waals surface area contributed by atoms with Crippen molar-refractivity contribution in [2.24, 2.45) is 0 Å². The Morgan fingerprint density at radius 1 is 0.895 bits per heavy atom. The van der Waals surface area contributed by atoms with Gasteiger partial charge >= 0.3 is 0 Å². The molecule has 0 spiro atoms. The van der Waals surface area contributed by atoms with Crippen molar-refractivity contribution < 1.29 is 4.74 Å². The highest BCUT2D eigenvalue weighted by Gasteiger charge is 2.29. The maximum absolute atomic E-state index is 5.89. The summed E-state index contributed by atoms with van der Waals surface area (Å²) in [7, 11) is 1.82. The van der Waals surface area contributed by atoms with Crippen molar-refractivity contribution in [3.63, 3.8) is 0 Å². The Labute approximate surface area is 116 Å². The Bertz CT molecular complexity index is 472. The summed E-state index contributed by atoms with van der Waals surface area (Å²) in [5.41, 5.74) is 2.47. The molecule has 1 heteroatoms. The molecule has 0 saturated heterocycles. The maximum Gasteiger partial charge on any atom is 0.0928 e. The van der Waals surface area contributed by atoms with Crippen LogP contribution < -0.4 is 0 Å². The minimum atomic E-state index is -0.170. The summed E-state index contributed by atoms with van der Waals surface area (Å²) in [5, 5.41) is 0. The van der Waals surface area contributed by atoms with Gasteiger partial charge in [-0.2, -0.15) is 0 Å². The topological polar surface area (TPSA) is 9.23 Å². The zero-order chi connectivity index (χ0) is 13.6. The van der Waals surface area contributed by atoms with Crippen LogP contribution in [0.25, 0.3) is 0 Å². The first-order valence-electron chi connectivity index (χ1n) is 6.95. The van der Waals surface area contributed by atoms with Crippen LogP contribution in [0.5, 0.6) is 0 Å². The first kappa shape index (κ1) is 13.8. The Kier molecular flexibility index (Phi) is 4.75. The summed E-state index contributed by atoms with van der Waals surface area (Å²) in [6, 6.07) is 21.2. The van der Waals surface area contributed by atoms with Crippen molar-refractivity contribution in [1.82, 2.24) is 0 Å². The lowest BCUT2D eigenvalue weighted by atomic mass is 9.85. The molecule has 0 radical (unpaired) electrons. The van der Waals surface area contributed by atoms with Crippen LogP contribution in [0.3, 0.4) is 0 Å². The third kappa shape index (κ3) is 3.24. The molecule has 0 amide bonds. The highest BCUT2D eigenvalue weighted by atomic mass is 16.5. The molecule has 0 aromatic heterocycles. The van der Waals surface area contributed by atoms with E-state index in [9.17, 15) is 0 Å². The zero-order valence-electron chi connectivity index (χ0n) is 11.8. The minimum Gasteiger partial charge on any atom is -0.374 e. The second-order valence-corrected chi connectivity index (χ2v) is 4.90. The van der Waals surface area contributed by atoms with Gasteiger partial charge in [0.1, 0.15) is 0 Å². The third-order valence-electron chi connectivity index (χ3n) is 3.92. The number of aryl methyl sites for hydroxylation is 1. The number of rotatable bonds is 6. The van der Waals surface area contributed by atoms with Crippen molar-refractivity contribution in [2.75, 3.05) is 7.11 Å². The van der Waals surface area contributed by atoms with E-state index in [-0.39, 0.29) is 5.60 Å². The number of methoxy groups -OCH3 is 1. The molecule has 2 rings (SSSR count). The van der Waals surface area contributed by atoms with Gasteiger partial charge in [-0.05, 0) is 30.4 Å². The van der Waals surface area contributed by atoms with E-state index >= 15 is 0 Å². The molecule has 2 aromatic carbocycles. The van der Waals surface area contributed by atoms with E-state index in [1.54, 1.807) is 0 Å². The van der Waals surface area contributed by atoms with Crippen molar-refractivity contribution in [2.45, 2.75) is 31.8 Å². The first-order chi connectivity index (χ1) is 9.30. The van der Waals surface area contributed by atoms with Gasteiger partial charge in [0, 0.05) is 7.11 Å². The van der Waals surface area contributed by atoms with Crippen LogP contribution in [-0.4, -0.2) is 7.11 Å². The lowest BCUT2D eigenvalue weighted by Gasteiger charge is -2.32. The van der Waals surface area contributed by atoms with Crippen LogP contribution >= 0.6 is 0 Å². The lowest BCUT2D eigenvalue weighted by molar-refractivity contribution is -0.0254. The molecule has 1 unspecified atom stereocenters. The summed E-state index contributed by atoms with van der Waals surface area (Å²) < 4.78 is 5.89. The van der Waals surface area contributed by atoms with Gasteiger partial charge in [-0.15, -0.1) is 0 Å². The van der Waals surface area contributed by atoms with Crippen LogP contribution in [0.2, 0.25) is 0 Å². The van der Waals surface area contributed by atoms with E-state index in [0.29, 0.717) is 0 Å². The minimum absolute atomic E-state index is 0.170. The predicted octanol–water partition coefficient (Wildman–Crippen LogP) is 4.57. The van der Waals surface area contributed by atoms with Gasteiger partial charge in [-0.1, -0.05) is 67.6 Å². The summed E-state index contributed by atoms with van der Waals surface area (Å²) in [6.45, 7) is 2.20. The molecule has 0 aliphatic carbocycles. The standard InChI is InChI=1S/C18H22O/c1-3-18(19-2,17-12-8-5-9-13-17)15-14-16-10-6-4-7-11-16/h4-13H,3,14-15H2,1-2H3. The third-order valence-corrected chi connectivity index (χ3v) is 3.92. The maximum atomic E-state index is 5.89. The molecule has 0 saturated carbocycles. The van der Waals surface area contributed by atoms with Gasteiger partial charge in [0.2, 0.25) is 0 Å². The molecule has 0 aliphatic heterocycles. The zero-order valence-corrected chi connectivity index (χ0v) is 11.8. The summed E-state index contributed by atoms with van der Waals surface area (Å²) in [4.78, 5) is 0. The number of ether oxygens (including phenoxy) is 1.